The van der Waals surface area contributed by atoms with Gasteiger partial charge in [-0.25, -0.2) is 5.43 Å². The van der Waals surface area contributed by atoms with Gasteiger partial charge in [0.1, 0.15) is 11.7 Å². The Hall–Kier alpha value is -0.774. The molecule has 1 aromatic carbocycles. The van der Waals surface area contributed by atoms with Crippen LogP contribution in [0.5, 0.6) is 0 Å². The molecule has 1 aliphatic rings. The van der Waals surface area contributed by atoms with Crippen LogP contribution in [0, 0.1) is 6.92 Å². The summed E-state index contributed by atoms with van der Waals surface area (Å²) in [7, 11) is 0. The molecule has 25 heavy (non-hydrogen) atoms. The second kappa shape index (κ2) is 8.74. The minimum absolute atomic E-state index is 0. The van der Waals surface area contributed by atoms with E-state index in [0.717, 1.165) is 6.42 Å². The first-order valence-corrected chi connectivity index (χ1v) is 8.23. The minimum atomic E-state index is -1.35. The Labute approximate surface area is 195 Å². The van der Waals surface area contributed by atoms with Crippen LogP contribution >= 0.6 is 15.9 Å². The predicted molar refractivity (Wildman–Crippen MR) is 88.9 cm³/mol. The third kappa shape index (κ3) is 4.32. The van der Waals surface area contributed by atoms with Crippen LogP contribution in [0.1, 0.15) is 50.6 Å². The van der Waals surface area contributed by atoms with E-state index in [-0.39, 0.29) is 63.1 Å². The molecule has 0 bridgehead atoms. The Balaban J connectivity index is 0.00000225. The van der Waals surface area contributed by atoms with Crippen molar-refractivity contribution < 1.29 is 70.5 Å². The molecule has 6 nitrogen and oxygen atoms in total. The molecule has 1 heterocycles. The average Bonchev–Trinajstić information content (AvgIpc) is 2.91. The van der Waals surface area contributed by atoms with Crippen molar-refractivity contribution in [1.29, 1.82) is 0 Å². The Morgan fingerprint density at radius 3 is 2.68 bits per heavy atom. The molecule has 0 aliphatic heterocycles. The van der Waals surface area contributed by atoms with E-state index >= 15 is 0 Å². The quantitative estimate of drug-likeness (QED) is 0.510. The molecule has 0 spiro atoms. The van der Waals surface area contributed by atoms with E-state index in [1.54, 1.807) is 25.1 Å². The molecule has 1 aromatic heterocycles. The number of carbonyl (C=O) groups is 2. The van der Waals surface area contributed by atoms with E-state index in [9.17, 15) is 14.7 Å². The monoisotopic (exact) mass is 428 g/mol. The van der Waals surface area contributed by atoms with Crippen LogP contribution in [-0.2, 0) is 6.42 Å². The molecular weight excluding hydrogens is 415 g/mol. The Morgan fingerprint density at radius 1 is 1.28 bits per heavy atom. The van der Waals surface area contributed by atoms with Crippen LogP contribution in [0.2, 0.25) is 0 Å². The summed E-state index contributed by atoms with van der Waals surface area (Å²) >= 11 is 3.32. The number of aromatic carboxylic acids is 1. The van der Waals surface area contributed by atoms with Crippen molar-refractivity contribution in [2.75, 3.05) is 0 Å². The summed E-state index contributed by atoms with van der Waals surface area (Å²) in [5, 5.41) is 15.3. The molecule has 2 aromatic rings. The number of aryl methyl sites for hydroxylation is 1. The van der Waals surface area contributed by atoms with Crippen LogP contribution in [-0.4, -0.2) is 17.6 Å². The number of carboxylic acid groups (broad SMARTS) is 1. The zero-order valence-corrected chi connectivity index (χ0v) is 18.6. The summed E-state index contributed by atoms with van der Waals surface area (Å²) in [6, 6.07) is 7.03. The largest absolute Gasteiger partial charge is 1.00 e. The average molecular weight is 429 g/mol. The van der Waals surface area contributed by atoms with Crippen molar-refractivity contribution in [3.05, 3.63) is 56.9 Å². The van der Waals surface area contributed by atoms with Gasteiger partial charge < -0.3 is 14.3 Å². The molecule has 8 heteroatoms. The molecular formula is C17H14BrKN2O4. The topological polar surface area (TPSA) is 94.7 Å². The maximum absolute atomic E-state index is 12.2. The van der Waals surface area contributed by atoms with Crippen LogP contribution in [0.15, 0.2) is 38.3 Å². The number of hydrogen-bond acceptors (Lipinski definition) is 5. The summed E-state index contributed by atoms with van der Waals surface area (Å²) in [6.07, 6.45) is 2.05. The van der Waals surface area contributed by atoms with Gasteiger partial charge in [-0.1, -0.05) is 12.1 Å². The third-order valence-corrected chi connectivity index (χ3v) is 4.61. The standard InChI is InChI=1S/C17H15BrN2O4.K/c1-9-14-12(7-4-8-13(14)24-15(9)17(22)23)19-20-16(21)10-5-2-3-6-11(10)18;/h2-3,5-6H,4,7-8H2,1H3,(H,20,21)(H,22,23);/q;+1/p-1/b19-12+;. The summed E-state index contributed by atoms with van der Waals surface area (Å²) in [5.41, 5.74) is 4.76. The maximum atomic E-state index is 12.2. The van der Waals surface area contributed by atoms with Gasteiger partial charge in [-0.15, -0.1) is 0 Å². The smallest absolute Gasteiger partial charge is 0.542 e. The zero-order valence-electron chi connectivity index (χ0n) is 13.9. The van der Waals surface area contributed by atoms with Crippen LogP contribution in [0.3, 0.4) is 0 Å². The first-order chi connectivity index (χ1) is 11.5. The number of hydrazone groups is 1. The van der Waals surface area contributed by atoms with Gasteiger partial charge in [-0.05, 0) is 47.8 Å². The molecule has 1 amide bonds. The van der Waals surface area contributed by atoms with Gasteiger partial charge in [0.05, 0.1) is 11.3 Å². The first-order valence-electron chi connectivity index (χ1n) is 7.44. The molecule has 0 saturated heterocycles. The van der Waals surface area contributed by atoms with Crippen molar-refractivity contribution in [2.24, 2.45) is 5.10 Å². The van der Waals surface area contributed by atoms with Gasteiger partial charge in [-0.2, -0.15) is 5.10 Å². The second-order valence-corrected chi connectivity index (χ2v) is 6.33. The van der Waals surface area contributed by atoms with E-state index < -0.39 is 5.97 Å². The molecule has 0 saturated carbocycles. The SMILES string of the molecule is Cc1c(C(=O)[O-])oc2c1/C(=N/NC(=O)c1ccccc1Br)CCC2.[K+]. The number of nitrogens with zero attached hydrogens (tertiary/aromatic N) is 1. The maximum Gasteiger partial charge on any atom is 1.00 e. The van der Waals surface area contributed by atoms with Gasteiger partial charge in [0, 0.05) is 22.0 Å². The van der Waals surface area contributed by atoms with E-state index in [0.29, 0.717) is 45.5 Å². The number of carboxylic acids is 1. The van der Waals surface area contributed by atoms with E-state index in [1.165, 1.54) is 0 Å². The number of carbonyl (C=O) groups excluding carboxylic acids is 2. The molecule has 0 atom stereocenters. The number of fused-ring (bicyclic) bond motifs is 1. The van der Waals surface area contributed by atoms with E-state index in [2.05, 4.69) is 26.5 Å². The molecule has 1 aliphatic carbocycles. The van der Waals surface area contributed by atoms with Crippen molar-refractivity contribution in [3.8, 4) is 0 Å². The number of amides is 1. The van der Waals surface area contributed by atoms with Crippen LogP contribution in [0.25, 0.3) is 0 Å². The van der Waals surface area contributed by atoms with Crippen LogP contribution in [0.4, 0.5) is 0 Å². The number of benzene rings is 1. The number of halogens is 1. The van der Waals surface area contributed by atoms with Crippen molar-refractivity contribution in [3.63, 3.8) is 0 Å². The number of nitrogens with one attached hydrogen (secondary N) is 1. The molecule has 0 fully saturated rings. The minimum Gasteiger partial charge on any atom is -0.542 e. The van der Waals surface area contributed by atoms with Crippen molar-refractivity contribution >= 4 is 33.5 Å². The van der Waals surface area contributed by atoms with Gasteiger partial charge in [-0.3, -0.25) is 4.79 Å². The fourth-order valence-electron chi connectivity index (χ4n) is 2.80. The summed E-state index contributed by atoms with van der Waals surface area (Å²) in [6.45, 7) is 1.66. The van der Waals surface area contributed by atoms with Crippen molar-refractivity contribution in [2.45, 2.75) is 26.2 Å². The summed E-state index contributed by atoms with van der Waals surface area (Å²) in [5.74, 6) is -1.29. The molecule has 3 rings (SSSR count). The van der Waals surface area contributed by atoms with Gasteiger partial charge in [0.25, 0.3) is 5.91 Å². The molecule has 124 valence electrons. The fraction of sp³-hybridized carbons (Fsp3) is 0.235. The molecule has 0 unspecified atom stereocenters. The number of hydrogen-bond donors (Lipinski definition) is 1. The zero-order chi connectivity index (χ0) is 17.3. The Morgan fingerprint density at radius 2 is 2.00 bits per heavy atom. The van der Waals surface area contributed by atoms with Gasteiger partial charge in [0.2, 0.25) is 0 Å². The second-order valence-electron chi connectivity index (χ2n) is 5.47. The Kier molecular flexibility index (Phi) is 7.18. The third-order valence-electron chi connectivity index (χ3n) is 3.92. The first kappa shape index (κ1) is 20.5. The fourth-order valence-corrected chi connectivity index (χ4v) is 3.26. The number of furan rings is 1. The van der Waals surface area contributed by atoms with E-state index in [4.69, 9.17) is 4.42 Å². The molecule has 0 radical (unpaired) electrons. The summed E-state index contributed by atoms with van der Waals surface area (Å²) in [4.78, 5) is 23.4. The van der Waals surface area contributed by atoms with Crippen LogP contribution < -0.4 is 61.9 Å². The normalized spacial score (nSPS) is 14.6. The Bertz CT molecular complexity index is 860. The predicted octanol–water partition coefficient (Wildman–Crippen LogP) is -0.812. The molecule has 1 N–H and O–H groups in total. The summed E-state index contributed by atoms with van der Waals surface area (Å²) < 4.78 is 6.05. The van der Waals surface area contributed by atoms with E-state index in [1.807, 2.05) is 6.07 Å². The van der Waals surface area contributed by atoms with Crippen molar-refractivity contribution in [1.82, 2.24) is 5.43 Å². The number of rotatable bonds is 3. The van der Waals surface area contributed by atoms with Gasteiger partial charge in [0.15, 0.2) is 5.76 Å². The van der Waals surface area contributed by atoms with Gasteiger partial charge >= 0.3 is 51.4 Å².